The van der Waals surface area contributed by atoms with E-state index in [4.69, 9.17) is 11.6 Å². The molecule has 0 aliphatic carbocycles. The molecule has 1 unspecified atom stereocenters. The van der Waals surface area contributed by atoms with E-state index in [1.807, 2.05) is 76.4 Å². The largest absolute Gasteiger partial charge is 0.481 e. The number of hydrogen-bond acceptors (Lipinski definition) is 3. The summed E-state index contributed by atoms with van der Waals surface area (Å²) in [6.45, 7) is 23.0. The molecule has 0 amide bonds. The molecule has 4 aromatic carbocycles. The van der Waals surface area contributed by atoms with Crippen LogP contribution in [0.5, 0.6) is 0 Å². The average Bonchev–Trinajstić information content (AvgIpc) is 3.17. The van der Waals surface area contributed by atoms with Gasteiger partial charge in [0.1, 0.15) is 0 Å². The van der Waals surface area contributed by atoms with E-state index in [0.717, 1.165) is 56.0 Å². The summed E-state index contributed by atoms with van der Waals surface area (Å²) in [6.07, 6.45) is 10.1. The van der Waals surface area contributed by atoms with Crippen LogP contribution in [-0.4, -0.2) is 22.6 Å². The number of aliphatic carboxylic acids is 1. The predicted octanol–water partition coefficient (Wildman–Crippen LogP) is 14.3. The van der Waals surface area contributed by atoms with E-state index in [2.05, 4.69) is 102 Å². The van der Waals surface area contributed by atoms with Gasteiger partial charge in [0.2, 0.25) is 0 Å². The van der Waals surface area contributed by atoms with Crippen molar-refractivity contribution in [2.45, 2.75) is 115 Å². The van der Waals surface area contributed by atoms with Crippen LogP contribution in [-0.2, 0) is 22.4 Å². The van der Waals surface area contributed by atoms with Gasteiger partial charge in [0.25, 0.3) is 0 Å². The summed E-state index contributed by atoms with van der Waals surface area (Å²) in [7, 11) is 0. The molecule has 5 heteroatoms. The molecule has 4 nitrogen and oxygen atoms in total. The summed E-state index contributed by atoms with van der Waals surface area (Å²) in [5.74, 6) is 0.752. The van der Waals surface area contributed by atoms with Crippen LogP contribution in [0.4, 0.5) is 0 Å². The number of rotatable bonds is 14. The van der Waals surface area contributed by atoms with Gasteiger partial charge >= 0.3 is 5.97 Å². The summed E-state index contributed by atoms with van der Waals surface area (Å²) in [5, 5.41) is 9.87. The molecular weight excluding hydrogens is 698 g/mol. The highest BCUT2D eigenvalue weighted by Gasteiger charge is 2.16. The van der Waals surface area contributed by atoms with Gasteiger partial charge in [-0.3, -0.25) is 14.6 Å². The van der Waals surface area contributed by atoms with Crippen LogP contribution in [0.2, 0.25) is 5.02 Å². The summed E-state index contributed by atoms with van der Waals surface area (Å²) in [6, 6.07) is 26.8. The van der Waals surface area contributed by atoms with Gasteiger partial charge in [0, 0.05) is 34.5 Å². The van der Waals surface area contributed by atoms with Crippen molar-refractivity contribution >= 4 is 34.6 Å². The van der Waals surface area contributed by atoms with E-state index in [0.29, 0.717) is 35.8 Å². The van der Waals surface area contributed by atoms with E-state index >= 15 is 0 Å². The summed E-state index contributed by atoms with van der Waals surface area (Å²) in [4.78, 5) is 28.6. The number of halogens is 1. The summed E-state index contributed by atoms with van der Waals surface area (Å²) >= 11 is 6.73. The third-order valence-corrected chi connectivity index (χ3v) is 10.2. The first-order chi connectivity index (χ1) is 26.1. The lowest BCUT2D eigenvalue weighted by Crippen LogP contribution is -2.04. The molecule has 0 saturated carbocycles. The van der Waals surface area contributed by atoms with Crippen molar-refractivity contribution in [3.05, 3.63) is 136 Å². The molecule has 55 heavy (non-hydrogen) atoms. The minimum atomic E-state index is -0.838. The van der Waals surface area contributed by atoms with Crippen molar-refractivity contribution < 1.29 is 14.7 Å². The number of Topliss-reactive ketones (excluding diaryl/α,β-unsaturated/α-hetero) is 1. The molecule has 4 aromatic rings. The van der Waals surface area contributed by atoms with Crippen molar-refractivity contribution in [3.63, 3.8) is 0 Å². The number of benzene rings is 4. The zero-order valence-corrected chi connectivity index (χ0v) is 36.0. The standard InChI is InChI=1S/C36H35ClO3.C9H17N.C5H12/c1-5-35(38)31(8-6-7-26-12-11-24(3)30(20-26)21-36(39)40)32-22-33(34(37)19-25(32)4)29-17-15-28(16-18-29)27-13-9-23(2)10-14-27;1-5-7-10-9(4)8(3)6-2;1-4-5(2)3/h8-20,22H,5-7,21H2,1-4H3,(H,39,40);5,7-8H,6H2,1-4H3;5H,4H2,1-3H3/b31-8-;7-5-,10-9?;. The predicted molar refractivity (Wildman–Crippen MR) is 238 cm³/mol. The Labute approximate surface area is 337 Å². The van der Waals surface area contributed by atoms with Crippen molar-refractivity contribution in [2.24, 2.45) is 16.8 Å². The molecule has 0 bridgehead atoms. The highest BCUT2D eigenvalue weighted by molar-refractivity contribution is 6.33. The van der Waals surface area contributed by atoms with E-state index in [1.54, 1.807) is 0 Å². The second-order valence-corrected chi connectivity index (χ2v) is 15.1. The SMILES string of the molecule is C/C=C\N=C(C)C(C)CC.CCC(=O)/C(=C\CCc1ccc(C)c(CC(=O)O)c1)c1cc(-c2ccc(-c3ccc(C)cc3)cc2)c(Cl)cc1C.CCC(C)C. The Balaban J connectivity index is 0.000000587. The Morgan fingerprint density at radius 1 is 0.800 bits per heavy atom. The van der Waals surface area contributed by atoms with Gasteiger partial charge in [-0.25, -0.2) is 0 Å². The van der Waals surface area contributed by atoms with Crippen molar-refractivity contribution in [2.75, 3.05) is 0 Å². The fraction of sp³-hybridized carbons (Fsp3) is 0.380. The number of nitrogens with zero attached hydrogens (tertiary/aromatic N) is 1. The van der Waals surface area contributed by atoms with Gasteiger partial charge in [-0.1, -0.05) is 144 Å². The van der Waals surface area contributed by atoms with Crippen LogP contribution >= 0.6 is 11.6 Å². The quantitative estimate of drug-likeness (QED) is 0.103. The first kappa shape index (κ1) is 46.6. The number of hydrogen-bond donors (Lipinski definition) is 1. The lowest BCUT2D eigenvalue weighted by Gasteiger charge is -2.15. The van der Waals surface area contributed by atoms with Crippen LogP contribution in [0, 0.1) is 32.6 Å². The number of carboxylic acid groups (broad SMARTS) is 1. The average molecular weight is 763 g/mol. The summed E-state index contributed by atoms with van der Waals surface area (Å²) in [5.41, 5.74) is 12.0. The maximum Gasteiger partial charge on any atom is 0.307 e. The molecule has 0 saturated heterocycles. The van der Waals surface area contributed by atoms with Crippen LogP contribution in [0.3, 0.4) is 0 Å². The number of aryl methyl sites for hydroxylation is 4. The zero-order chi connectivity index (χ0) is 41.1. The fourth-order valence-electron chi connectivity index (χ4n) is 5.57. The summed E-state index contributed by atoms with van der Waals surface area (Å²) < 4.78 is 0. The molecule has 0 radical (unpaired) electrons. The van der Waals surface area contributed by atoms with E-state index in [9.17, 15) is 14.7 Å². The first-order valence-corrected chi connectivity index (χ1v) is 20.2. The topological polar surface area (TPSA) is 66.7 Å². The lowest BCUT2D eigenvalue weighted by atomic mass is 9.90. The molecule has 0 spiro atoms. The number of carbonyl (C=O) groups is 2. The van der Waals surface area contributed by atoms with Crippen molar-refractivity contribution in [1.29, 1.82) is 0 Å². The van der Waals surface area contributed by atoms with E-state index in [-0.39, 0.29) is 12.2 Å². The Morgan fingerprint density at radius 2 is 1.38 bits per heavy atom. The van der Waals surface area contributed by atoms with Crippen molar-refractivity contribution in [1.82, 2.24) is 0 Å². The fourth-order valence-corrected chi connectivity index (χ4v) is 5.90. The number of aliphatic imine (C=N–C) groups is 1. The third kappa shape index (κ3) is 15.6. The Kier molecular flexibility index (Phi) is 20.4. The second-order valence-electron chi connectivity index (χ2n) is 14.7. The normalized spacial score (nSPS) is 12.2. The maximum atomic E-state index is 13.1. The Bertz CT molecular complexity index is 1910. The van der Waals surface area contributed by atoms with Crippen LogP contribution in [0.25, 0.3) is 27.8 Å². The van der Waals surface area contributed by atoms with Gasteiger partial charge in [0.05, 0.1) is 6.42 Å². The molecule has 0 aliphatic heterocycles. The number of allylic oxidation sites excluding steroid dienone is 3. The number of carboxylic acids is 1. The van der Waals surface area contributed by atoms with E-state index < -0.39 is 5.97 Å². The van der Waals surface area contributed by atoms with Gasteiger partial charge in [-0.05, 0) is 122 Å². The molecule has 0 aliphatic rings. The molecule has 1 atom stereocenters. The minimum Gasteiger partial charge on any atom is -0.481 e. The highest BCUT2D eigenvalue weighted by atomic mass is 35.5. The Hall–Kier alpha value is -4.54. The third-order valence-electron chi connectivity index (χ3n) is 9.91. The molecule has 0 aromatic heterocycles. The Morgan fingerprint density at radius 3 is 1.91 bits per heavy atom. The molecule has 4 rings (SSSR count). The molecular formula is C50H64ClNO3. The van der Waals surface area contributed by atoms with Gasteiger partial charge in [-0.2, -0.15) is 0 Å². The van der Waals surface area contributed by atoms with Crippen molar-refractivity contribution in [3.8, 4) is 22.3 Å². The molecule has 0 heterocycles. The lowest BCUT2D eigenvalue weighted by molar-refractivity contribution is -0.136. The molecule has 0 fully saturated rings. The van der Waals surface area contributed by atoms with Gasteiger partial charge in [0.15, 0.2) is 5.78 Å². The van der Waals surface area contributed by atoms with Gasteiger partial charge in [-0.15, -0.1) is 0 Å². The zero-order valence-electron chi connectivity index (χ0n) is 35.2. The van der Waals surface area contributed by atoms with E-state index in [1.165, 1.54) is 24.1 Å². The first-order valence-electron chi connectivity index (χ1n) is 19.8. The number of ketones is 1. The van der Waals surface area contributed by atoms with Crippen LogP contribution < -0.4 is 0 Å². The molecule has 1 N–H and O–H groups in total. The highest BCUT2D eigenvalue weighted by Crippen LogP contribution is 2.35. The number of carbonyl (C=O) groups excluding carboxylic acids is 1. The van der Waals surface area contributed by atoms with Crippen LogP contribution in [0.1, 0.15) is 114 Å². The second kappa shape index (κ2) is 24.1. The monoisotopic (exact) mass is 761 g/mol. The van der Waals surface area contributed by atoms with Gasteiger partial charge < -0.3 is 5.11 Å². The smallest absolute Gasteiger partial charge is 0.307 e. The minimum absolute atomic E-state index is 0.00777. The van der Waals surface area contributed by atoms with Crippen LogP contribution in [0.15, 0.2) is 102 Å². The molecule has 294 valence electrons. The maximum absolute atomic E-state index is 13.1.